The molecule has 6 nitrogen and oxygen atoms in total. The number of nitrogens with zero attached hydrogens (tertiary/aromatic N) is 2. The average Bonchev–Trinajstić information content (AvgIpc) is 2.77. The van der Waals surface area contributed by atoms with E-state index in [1.54, 1.807) is 25.6 Å². The fraction of sp³-hybridized carbons (Fsp3) is 0.438. The zero-order chi connectivity index (χ0) is 17.0. The summed E-state index contributed by atoms with van der Waals surface area (Å²) in [5.41, 5.74) is 1.96. The fourth-order valence-corrected chi connectivity index (χ4v) is 4.36. The Balaban J connectivity index is 2.34. The van der Waals surface area contributed by atoms with Crippen molar-refractivity contribution in [2.24, 2.45) is 7.05 Å². The van der Waals surface area contributed by atoms with Gasteiger partial charge in [-0.1, -0.05) is 30.3 Å². The predicted octanol–water partition coefficient (Wildman–Crippen LogP) is 1.83. The number of aryl methyl sites for hydroxylation is 2. The minimum absolute atomic E-state index is 0.0238. The van der Waals surface area contributed by atoms with E-state index in [4.69, 9.17) is 5.11 Å². The maximum absolute atomic E-state index is 12.8. The van der Waals surface area contributed by atoms with Gasteiger partial charge in [-0.25, -0.2) is 13.1 Å². The molecule has 0 saturated heterocycles. The van der Waals surface area contributed by atoms with Crippen LogP contribution in [-0.2, 0) is 17.1 Å². The van der Waals surface area contributed by atoms with Crippen molar-refractivity contribution in [2.45, 2.75) is 37.6 Å². The number of sulfonamides is 1. The van der Waals surface area contributed by atoms with Crippen LogP contribution in [0.4, 0.5) is 0 Å². The summed E-state index contributed by atoms with van der Waals surface area (Å²) in [6, 6.07) is 9.01. The van der Waals surface area contributed by atoms with Gasteiger partial charge in [-0.3, -0.25) is 4.68 Å². The average molecular weight is 337 g/mol. The number of aliphatic hydroxyl groups excluding tert-OH is 1. The highest BCUT2D eigenvalue weighted by atomic mass is 32.2. The predicted molar refractivity (Wildman–Crippen MR) is 88.5 cm³/mol. The molecule has 2 aromatic rings. The Bertz CT molecular complexity index is 754. The largest absolute Gasteiger partial charge is 0.396 e. The molecule has 126 valence electrons. The Morgan fingerprint density at radius 3 is 2.43 bits per heavy atom. The number of benzene rings is 1. The molecule has 0 saturated carbocycles. The second-order valence-electron chi connectivity index (χ2n) is 5.57. The molecule has 7 heteroatoms. The summed E-state index contributed by atoms with van der Waals surface area (Å²) in [4.78, 5) is 0.227. The Kier molecular flexibility index (Phi) is 5.56. The lowest BCUT2D eigenvalue weighted by atomic mass is 10.0. The van der Waals surface area contributed by atoms with E-state index in [-0.39, 0.29) is 17.5 Å². The van der Waals surface area contributed by atoms with Crippen molar-refractivity contribution in [3.63, 3.8) is 0 Å². The molecule has 0 spiro atoms. The molecule has 23 heavy (non-hydrogen) atoms. The van der Waals surface area contributed by atoms with Crippen LogP contribution in [0.1, 0.15) is 35.8 Å². The van der Waals surface area contributed by atoms with E-state index in [0.717, 1.165) is 5.56 Å². The second kappa shape index (κ2) is 7.25. The van der Waals surface area contributed by atoms with Gasteiger partial charge < -0.3 is 5.11 Å². The number of hydrogen-bond donors (Lipinski definition) is 2. The number of nitrogens with one attached hydrogen (secondary N) is 1. The topological polar surface area (TPSA) is 84.2 Å². The third-order valence-corrected chi connectivity index (χ3v) is 5.58. The molecule has 1 heterocycles. The summed E-state index contributed by atoms with van der Waals surface area (Å²) < 4.78 is 29.9. The van der Waals surface area contributed by atoms with Crippen molar-refractivity contribution in [3.8, 4) is 0 Å². The molecule has 0 aliphatic rings. The van der Waals surface area contributed by atoms with Crippen molar-refractivity contribution in [2.75, 3.05) is 6.61 Å². The Morgan fingerprint density at radius 2 is 1.91 bits per heavy atom. The molecule has 1 aromatic heterocycles. The SMILES string of the molecule is Cc1nn(C)c(C)c1S(=O)(=O)NC(CCCO)c1ccccc1. The van der Waals surface area contributed by atoms with Gasteiger partial charge in [0, 0.05) is 19.7 Å². The first-order valence-electron chi connectivity index (χ1n) is 7.55. The summed E-state index contributed by atoms with van der Waals surface area (Å²) in [5.74, 6) is 0. The smallest absolute Gasteiger partial charge is 0.244 e. The fourth-order valence-electron chi connectivity index (χ4n) is 2.66. The van der Waals surface area contributed by atoms with Crippen LogP contribution >= 0.6 is 0 Å². The molecule has 1 aromatic carbocycles. The van der Waals surface area contributed by atoms with Gasteiger partial charge in [0.1, 0.15) is 4.90 Å². The first-order chi connectivity index (χ1) is 10.9. The summed E-state index contributed by atoms with van der Waals surface area (Å²) in [6.45, 7) is 3.45. The van der Waals surface area contributed by atoms with E-state index in [2.05, 4.69) is 9.82 Å². The van der Waals surface area contributed by atoms with Crippen molar-refractivity contribution in [1.29, 1.82) is 0 Å². The highest BCUT2D eigenvalue weighted by Crippen LogP contribution is 2.24. The van der Waals surface area contributed by atoms with E-state index < -0.39 is 10.0 Å². The van der Waals surface area contributed by atoms with E-state index in [9.17, 15) is 8.42 Å². The van der Waals surface area contributed by atoms with E-state index >= 15 is 0 Å². The van der Waals surface area contributed by atoms with Crippen LogP contribution in [0, 0.1) is 13.8 Å². The standard InChI is InChI=1S/C16H23N3O3S/c1-12-16(13(2)19(3)17-12)23(21,22)18-15(10-7-11-20)14-8-5-4-6-9-14/h4-6,8-9,15,18,20H,7,10-11H2,1-3H3. The Morgan fingerprint density at radius 1 is 1.26 bits per heavy atom. The summed E-state index contributed by atoms with van der Waals surface area (Å²) >= 11 is 0. The lowest BCUT2D eigenvalue weighted by Gasteiger charge is -2.19. The van der Waals surface area contributed by atoms with E-state index in [1.807, 2.05) is 30.3 Å². The number of hydrogen-bond acceptors (Lipinski definition) is 4. The zero-order valence-corrected chi connectivity index (χ0v) is 14.5. The Labute approximate surface area is 137 Å². The van der Waals surface area contributed by atoms with Gasteiger partial charge in [-0.15, -0.1) is 0 Å². The zero-order valence-electron chi connectivity index (χ0n) is 13.7. The maximum Gasteiger partial charge on any atom is 0.244 e. The molecule has 2 rings (SSSR count). The van der Waals surface area contributed by atoms with Crippen LogP contribution in [0.15, 0.2) is 35.2 Å². The molecule has 0 fully saturated rings. The van der Waals surface area contributed by atoms with Gasteiger partial charge in [-0.05, 0) is 32.3 Å². The van der Waals surface area contributed by atoms with Crippen molar-refractivity contribution < 1.29 is 13.5 Å². The van der Waals surface area contributed by atoms with E-state index in [0.29, 0.717) is 24.2 Å². The quantitative estimate of drug-likeness (QED) is 0.807. The van der Waals surface area contributed by atoms with Gasteiger partial charge in [0.2, 0.25) is 10.0 Å². The number of aromatic nitrogens is 2. The first kappa shape index (κ1) is 17.7. The van der Waals surface area contributed by atoms with Crippen LogP contribution in [-0.4, -0.2) is 29.9 Å². The molecule has 1 atom stereocenters. The molecule has 0 amide bonds. The van der Waals surface area contributed by atoms with Crippen LogP contribution in [0.2, 0.25) is 0 Å². The number of aliphatic hydroxyl groups is 1. The summed E-state index contributed by atoms with van der Waals surface area (Å²) in [5, 5.41) is 13.3. The lowest BCUT2D eigenvalue weighted by Crippen LogP contribution is -2.29. The van der Waals surface area contributed by atoms with Crippen molar-refractivity contribution >= 4 is 10.0 Å². The number of rotatable bonds is 7. The van der Waals surface area contributed by atoms with Crippen LogP contribution in [0.3, 0.4) is 0 Å². The second-order valence-corrected chi connectivity index (χ2v) is 7.22. The molecule has 0 aliphatic heterocycles. The minimum atomic E-state index is -3.69. The van der Waals surface area contributed by atoms with Crippen molar-refractivity contribution in [1.82, 2.24) is 14.5 Å². The third kappa shape index (κ3) is 3.99. The van der Waals surface area contributed by atoms with Crippen molar-refractivity contribution in [3.05, 3.63) is 47.3 Å². The molecule has 0 bridgehead atoms. The van der Waals surface area contributed by atoms with Crippen LogP contribution in [0.5, 0.6) is 0 Å². The molecular weight excluding hydrogens is 314 g/mol. The molecular formula is C16H23N3O3S. The van der Waals surface area contributed by atoms with Crippen LogP contribution in [0.25, 0.3) is 0 Å². The maximum atomic E-state index is 12.8. The molecule has 1 unspecified atom stereocenters. The van der Waals surface area contributed by atoms with Gasteiger partial charge in [0.15, 0.2) is 0 Å². The van der Waals surface area contributed by atoms with Gasteiger partial charge in [0.25, 0.3) is 0 Å². The molecule has 0 radical (unpaired) electrons. The summed E-state index contributed by atoms with van der Waals surface area (Å²) in [7, 11) is -1.97. The molecule has 2 N–H and O–H groups in total. The van der Waals surface area contributed by atoms with Gasteiger partial charge >= 0.3 is 0 Å². The van der Waals surface area contributed by atoms with Gasteiger partial charge in [0.05, 0.1) is 11.4 Å². The van der Waals surface area contributed by atoms with Gasteiger partial charge in [-0.2, -0.15) is 5.10 Å². The van der Waals surface area contributed by atoms with Crippen LogP contribution < -0.4 is 4.72 Å². The monoisotopic (exact) mass is 337 g/mol. The summed E-state index contributed by atoms with van der Waals surface area (Å²) in [6.07, 6.45) is 1.05. The Hall–Kier alpha value is -1.70. The van der Waals surface area contributed by atoms with E-state index in [1.165, 1.54) is 0 Å². The third-order valence-electron chi connectivity index (χ3n) is 3.86. The highest BCUT2D eigenvalue weighted by molar-refractivity contribution is 7.89. The first-order valence-corrected chi connectivity index (χ1v) is 9.03. The minimum Gasteiger partial charge on any atom is -0.396 e. The lowest BCUT2D eigenvalue weighted by molar-refractivity contribution is 0.278. The normalized spacial score (nSPS) is 13.2. The highest BCUT2D eigenvalue weighted by Gasteiger charge is 2.27. The molecule has 0 aliphatic carbocycles.